The van der Waals surface area contributed by atoms with Crippen LogP contribution in [0.3, 0.4) is 0 Å². The number of rotatable bonds is 7. The van der Waals surface area contributed by atoms with Crippen LogP contribution in [0.2, 0.25) is 0 Å². The first-order valence-corrected chi connectivity index (χ1v) is 9.31. The fourth-order valence-corrected chi connectivity index (χ4v) is 3.68. The smallest absolute Gasteiger partial charge is 0.338 e. The van der Waals surface area contributed by atoms with E-state index in [0.717, 1.165) is 36.1 Å². The lowest BCUT2D eigenvalue weighted by Gasteiger charge is -2.31. The summed E-state index contributed by atoms with van der Waals surface area (Å²) in [6, 6.07) is 12.1. The van der Waals surface area contributed by atoms with Crippen molar-refractivity contribution in [3.8, 4) is 0 Å². The highest BCUT2D eigenvalue weighted by Crippen LogP contribution is 2.45. The molecule has 5 heteroatoms. The van der Waals surface area contributed by atoms with Gasteiger partial charge in [-0.15, -0.1) is 0 Å². The van der Waals surface area contributed by atoms with E-state index in [9.17, 15) is 9.18 Å². The second-order valence-corrected chi connectivity index (χ2v) is 7.12. The van der Waals surface area contributed by atoms with Gasteiger partial charge in [-0.3, -0.25) is 0 Å². The number of fused-ring (bicyclic) bond motifs is 1. The molecule has 1 aliphatic heterocycles. The van der Waals surface area contributed by atoms with Crippen LogP contribution in [-0.4, -0.2) is 38.1 Å². The topological polar surface area (TPSA) is 38.8 Å². The zero-order valence-electron chi connectivity index (χ0n) is 16.1. The quantitative estimate of drug-likeness (QED) is 0.687. The first-order chi connectivity index (χ1) is 13.0. The summed E-state index contributed by atoms with van der Waals surface area (Å²) in [7, 11) is 4.08. The minimum Gasteiger partial charge on any atom is -0.462 e. The van der Waals surface area contributed by atoms with Gasteiger partial charge in [0.25, 0.3) is 0 Å². The van der Waals surface area contributed by atoms with Crippen LogP contribution < -0.4 is 0 Å². The normalized spacial score (nSPS) is 18.6. The van der Waals surface area contributed by atoms with Crippen LogP contribution in [0.1, 0.15) is 46.8 Å². The largest absolute Gasteiger partial charge is 0.462 e. The number of carbonyl (C=O) groups excluding carboxylic acids is 1. The summed E-state index contributed by atoms with van der Waals surface area (Å²) < 4.78 is 24.9. The van der Waals surface area contributed by atoms with E-state index < -0.39 is 5.60 Å². The van der Waals surface area contributed by atoms with E-state index >= 15 is 0 Å². The second-order valence-electron chi connectivity index (χ2n) is 7.12. The average Bonchev–Trinajstić information content (AvgIpc) is 3.01. The molecule has 1 aliphatic rings. The van der Waals surface area contributed by atoms with Gasteiger partial charge in [0.2, 0.25) is 0 Å². The molecule has 4 nitrogen and oxygen atoms in total. The Hall–Kier alpha value is -2.24. The molecule has 27 heavy (non-hydrogen) atoms. The molecule has 0 radical (unpaired) electrons. The SMILES string of the molecule is CCOC(=O)c1ccc2c(c1)CO[C@@]2(CCCN(C)C)c1ccc(F)cc1. The fraction of sp³-hybridized carbons (Fsp3) is 0.409. The first kappa shape index (κ1) is 19.5. The molecule has 0 saturated carbocycles. The van der Waals surface area contributed by atoms with Crippen molar-refractivity contribution in [2.75, 3.05) is 27.2 Å². The summed E-state index contributed by atoms with van der Waals surface area (Å²) in [6.45, 7) is 3.49. The molecule has 2 aromatic carbocycles. The third-order valence-corrected chi connectivity index (χ3v) is 4.97. The van der Waals surface area contributed by atoms with Crippen LogP contribution >= 0.6 is 0 Å². The predicted octanol–water partition coefficient (Wildman–Crippen LogP) is 4.12. The molecular weight excluding hydrogens is 345 g/mol. The van der Waals surface area contributed by atoms with Crippen molar-refractivity contribution in [3.63, 3.8) is 0 Å². The van der Waals surface area contributed by atoms with E-state index in [1.807, 2.05) is 26.2 Å². The molecule has 0 saturated heterocycles. The average molecular weight is 371 g/mol. The van der Waals surface area contributed by atoms with Crippen molar-refractivity contribution in [2.24, 2.45) is 0 Å². The van der Waals surface area contributed by atoms with Gasteiger partial charge in [0.1, 0.15) is 11.4 Å². The van der Waals surface area contributed by atoms with Crippen molar-refractivity contribution in [2.45, 2.75) is 32.0 Å². The number of ether oxygens (including phenoxy) is 2. The highest BCUT2D eigenvalue weighted by molar-refractivity contribution is 5.89. The Morgan fingerprint density at radius 2 is 1.96 bits per heavy atom. The summed E-state index contributed by atoms with van der Waals surface area (Å²) in [5.74, 6) is -0.592. The Morgan fingerprint density at radius 3 is 2.63 bits per heavy atom. The maximum absolute atomic E-state index is 13.5. The number of carbonyl (C=O) groups is 1. The number of nitrogens with zero attached hydrogens (tertiary/aromatic N) is 1. The van der Waals surface area contributed by atoms with Gasteiger partial charge in [0.15, 0.2) is 0 Å². The van der Waals surface area contributed by atoms with Crippen molar-refractivity contribution in [1.29, 1.82) is 0 Å². The number of halogens is 1. The van der Waals surface area contributed by atoms with Crippen LogP contribution in [0.15, 0.2) is 42.5 Å². The number of hydrogen-bond acceptors (Lipinski definition) is 4. The van der Waals surface area contributed by atoms with E-state index in [2.05, 4.69) is 4.90 Å². The minimum atomic E-state index is -0.619. The van der Waals surface area contributed by atoms with Crippen molar-refractivity contribution in [1.82, 2.24) is 4.90 Å². The number of esters is 1. The highest BCUT2D eigenvalue weighted by Gasteiger charge is 2.41. The standard InChI is InChI=1S/C22H26FNO3/c1-4-26-21(25)16-6-11-20-17(14-16)15-27-22(20,12-5-13-24(2)3)18-7-9-19(23)10-8-18/h6-11,14H,4-5,12-13,15H2,1-3H3/t22-/m0/s1. The lowest BCUT2D eigenvalue weighted by molar-refractivity contribution is -0.0140. The zero-order chi connectivity index (χ0) is 19.4. The second kappa shape index (κ2) is 8.19. The molecule has 0 aromatic heterocycles. The number of benzene rings is 2. The maximum atomic E-state index is 13.5. The van der Waals surface area contributed by atoms with Gasteiger partial charge in [-0.1, -0.05) is 18.2 Å². The Balaban J connectivity index is 1.98. The molecule has 1 heterocycles. The zero-order valence-corrected chi connectivity index (χ0v) is 16.1. The minimum absolute atomic E-state index is 0.266. The van der Waals surface area contributed by atoms with Gasteiger partial charge in [0.05, 0.1) is 18.8 Å². The van der Waals surface area contributed by atoms with Gasteiger partial charge in [-0.05, 0) is 81.4 Å². The molecule has 0 spiro atoms. The first-order valence-electron chi connectivity index (χ1n) is 9.31. The number of hydrogen-bond donors (Lipinski definition) is 0. The van der Waals surface area contributed by atoms with Gasteiger partial charge >= 0.3 is 5.97 Å². The van der Waals surface area contributed by atoms with Gasteiger partial charge in [0, 0.05) is 0 Å². The highest BCUT2D eigenvalue weighted by atomic mass is 19.1. The Labute approximate surface area is 159 Å². The third kappa shape index (κ3) is 4.04. The van der Waals surface area contributed by atoms with Gasteiger partial charge < -0.3 is 14.4 Å². The molecule has 1 atom stereocenters. The summed E-state index contributed by atoms with van der Waals surface area (Å²) in [5, 5.41) is 0. The van der Waals surface area contributed by atoms with Crippen LogP contribution in [0, 0.1) is 5.82 Å². The van der Waals surface area contributed by atoms with Crippen molar-refractivity contribution >= 4 is 5.97 Å². The van der Waals surface area contributed by atoms with Crippen LogP contribution in [-0.2, 0) is 21.7 Å². The lowest BCUT2D eigenvalue weighted by Crippen LogP contribution is -2.28. The van der Waals surface area contributed by atoms with Crippen molar-refractivity contribution in [3.05, 3.63) is 70.5 Å². The van der Waals surface area contributed by atoms with E-state index in [4.69, 9.17) is 9.47 Å². The molecule has 0 bridgehead atoms. The molecule has 2 aromatic rings. The molecule has 0 amide bonds. The van der Waals surface area contributed by atoms with Gasteiger partial charge in [-0.25, -0.2) is 9.18 Å². The summed E-state index contributed by atoms with van der Waals surface area (Å²) in [5.41, 5.74) is 2.87. The monoisotopic (exact) mass is 371 g/mol. The van der Waals surface area contributed by atoms with Crippen LogP contribution in [0.5, 0.6) is 0 Å². The lowest BCUT2D eigenvalue weighted by atomic mass is 9.81. The van der Waals surface area contributed by atoms with E-state index in [1.54, 1.807) is 25.1 Å². The van der Waals surface area contributed by atoms with Crippen LogP contribution in [0.25, 0.3) is 0 Å². The molecular formula is C22H26FNO3. The fourth-order valence-electron chi connectivity index (χ4n) is 3.68. The third-order valence-electron chi connectivity index (χ3n) is 4.97. The molecule has 144 valence electrons. The molecule has 0 N–H and O–H groups in total. The Bertz CT molecular complexity index is 804. The molecule has 0 unspecified atom stereocenters. The molecule has 3 rings (SSSR count). The molecule has 0 aliphatic carbocycles. The van der Waals surface area contributed by atoms with E-state index in [1.165, 1.54) is 12.1 Å². The van der Waals surface area contributed by atoms with Gasteiger partial charge in [-0.2, -0.15) is 0 Å². The van der Waals surface area contributed by atoms with E-state index in [-0.39, 0.29) is 11.8 Å². The van der Waals surface area contributed by atoms with Crippen molar-refractivity contribution < 1.29 is 18.7 Å². The molecule has 0 fully saturated rings. The Morgan fingerprint density at radius 1 is 1.22 bits per heavy atom. The van der Waals surface area contributed by atoms with Crippen LogP contribution in [0.4, 0.5) is 4.39 Å². The van der Waals surface area contributed by atoms with E-state index in [0.29, 0.717) is 18.8 Å². The summed E-state index contributed by atoms with van der Waals surface area (Å²) in [4.78, 5) is 14.2. The summed E-state index contributed by atoms with van der Waals surface area (Å²) >= 11 is 0. The Kier molecular flexibility index (Phi) is 5.92. The predicted molar refractivity (Wildman–Crippen MR) is 102 cm³/mol. The summed E-state index contributed by atoms with van der Waals surface area (Å²) in [6.07, 6.45) is 1.71. The maximum Gasteiger partial charge on any atom is 0.338 e.